The molecule has 0 amide bonds. The number of aromatic nitrogens is 2. The largest absolute Gasteiger partial charge is 0.489 e. The predicted octanol–water partition coefficient (Wildman–Crippen LogP) is 3.76. The van der Waals surface area contributed by atoms with Crippen LogP contribution in [0.2, 0.25) is 5.02 Å². The van der Waals surface area contributed by atoms with Crippen molar-refractivity contribution in [1.82, 2.24) is 9.78 Å². The highest BCUT2D eigenvalue weighted by Crippen LogP contribution is 2.38. The summed E-state index contributed by atoms with van der Waals surface area (Å²) in [6.07, 6.45) is 4.06. The zero-order valence-corrected chi connectivity index (χ0v) is 13.6. The molecule has 1 aliphatic rings. The number of aryl methyl sites for hydroxylation is 1. The fourth-order valence-electron chi connectivity index (χ4n) is 2.06. The topological polar surface area (TPSA) is 50.8 Å². The molecular weight excluding hydrogens is 389 g/mol. The Hall–Kier alpha value is -1.26. The van der Waals surface area contributed by atoms with Crippen LogP contribution in [0.1, 0.15) is 18.4 Å². The first-order valence-electron chi connectivity index (χ1n) is 6.18. The molecule has 0 aliphatic heterocycles. The molecule has 0 atom stereocenters. The smallest absolute Gasteiger partial charge is 0.139 e. The van der Waals surface area contributed by atoms with Gasteiger partial charge in [-0.1, -0.05) is 11.6 Å². The fraction of sp³-hybridized carbons (Fsp3) is 0.286. The van der Waals surface area contributed by atoms with Gasteiger partial charge < -0.3 is 4.74 Å². The van der Waals surface area contributed by atoms with Crippen LogP contribution in [0.25, 0.3) is 11.3 Å². The Morgan fingerprint density at radius 3 is 2.80 bits per heavy atom. The average molecular weight is 400 g/mol. The average Bonchev–Trinajstić information content (AvgIpc) is 3.14. The molecule has 2 aromatic rings. The predicted molar refractivity (Wildman–Crippen MR) is 84.7 cm³/mol. The van der Waals surface area contributed by atoms with Crippen LogP contribution in [0.4, 0.5) is 0 Å². The molecule has 0 bridgehead atoms. The standard InChI is InChI=1S/C14H11ClIN3O/c1-19-14(12(16)7-18-19)10-4-8(15)5-13(11(10)6-17)20-9-2-3-9/h4-5,7,9H,2-3H2,1H3. The molecule has 0 spiro atoms. The van der Waals surface area contributed by atoms with Gasteiger partial charge in [-0.25, -0.2) is 0 Å². The van der Waals surface area contributed by atoms with Crippen molar-refractivity contribution < 1.29 is 4.74 Å². The molecule has 1 heterocycles. The maximum atomic E-state index is 9.50. The zero-order chi connectivity index (χ0) is 14.3. The van der Waals surface area contributed by atoms with Gasteiger partial charge in [0, 0.05) is 23.7 Å². The second-order valence-electron chi connectivity index (χ2n) is 4.72. The molecule has 1 aliphatic carbocycles. The van der Waals surface area contributed by atoms with E-state index >= 15 is 0 Å². The van der Waals surface area contributed by atoms with Crippen molar-refractivity contribution in [3.05, 3.63) is 32.5 Å². The molecule has 0 radical (unpaired) electrons. The third kappa shape index (κ3) is 2.50. The van der Waals surface area contributed by atoms with Gasteiger partial charge in [0.05, 0.1) is 21.6 Å². The molecule has 0 unspecified atom stereocenters. The van der Waals surface area contributed by atoms with Gasteiger partial charge >= 0.3 is 0 Å². The number of hydrogen-bond donors (Lipinski definition) is 0. The van der Waals surface area contributed by atoms with Gasteiger partial charge in [-0.2, -0.15) is 10.4 Å². The van der Waals surface area contributed by atoms with Crippen molar-refractivity contribution in [3.63, 3.8) is 0 Å². The first-order chi connectivity index (χ1) is 9.60. The summed E-state index contributed by atoms with van der Waals surface area (Å²) in [7, 11) is 1.85. The van der Waals surface area contributed by atoms with E-state index in [1.807, 2.05) is 7.05 Å². The first-order valence-corrected chi connectivity index (χ1v) is 7.64. The van der Waals surface area contributed by atoms with Crippen LogP contribution < -0.4 is 4.74 Å². The Labute approximate surface area is 135 Å². The minimum atomic E-state index is 0.221. The Kier molecular flexibility index (Phi) is 3.61. The van der Waals surface area contributed by atoms with E-state index in [1.54, 1.807) is 23.0 Å². The highest BCUT2D eigenvalue weighted by molar-refractivity contribution is 14.1. The first kappa shape index (κ1) is 13.7. The van der Waals surface area contributed by atoms with Crippen LogP contribution in [-0.4, -0.2) is 15.9 Å². The van der Waals surface area contributed by atoms with Crippen molar-refractivity contribution in [1.29, 1.82) is 5.26 Å². The Balaban J connectivity index is 2.19. The van der Waals surface area contributed by atoms with Crippen LogP contribution in [0, 0.1) is 14.9 Å². The van der Waals surface area contributed by atoms with Gasteiger partial charge in [0.1, 0.15) is 17.4 Å². The lowest BCUT2D eigenvalue weighted by Crippen LogP contribution is -2.02. The van der Waals surface area contributed by atoms with Crippen LogP contribution in [0.15, 0.2) is 18.3 Å². The van der Waals surface area contributed by atoms with Crippen LogP contribution in [0.5, 0.6) is 5.75 Å². The lowest BCUT2D eigenvalue weighted by Gasteiger charge is -2.12. The molecular formula is C14H11ClIN3O. The van der Waals surface area contributed by atoms with Crippen molar-refractivity contribution in [2.45, 2.75) is 18.9 Å². The molecule has 1 saturated carbocycles. The van der Waals surface area contributed by atoms with E-state index < -0.39 is 0 Å². The minimum absolute atomic E-state index is 0.221. The number of ether oxygens (including phenoxy) is 1. The number of halogens is 2. The third-order valence-electron chi connectivity index (χ3n) is 3.15. The van der Waals surface area contributed by atoms with Gasteiger partial charge in [-0.3, -0.25) is 4.68 Å². The number of hydrogen-bond acceptors (Lipinski definition) is 3. The van der Waals surface area contributed by atoms with Gasteiger partial charge in [0.2, 0.25) is 0 Å². The van der Waals surface area contributed by atoms with Gasteiger partial charge in [0.15, 0.2) is 0 Å². The van der Waals surface area contributed by atoms with Crippen molar-refractivity contribution in [2.75, 3.05) is 0 Å². The Bertz CT molecular complexity index is 696. The Morgan fingerprint density at radius 1 is 1.50 bits per heavy atom. The molecule has 1 aromatic carbocycles. The molecule has 0 N–H and O–H groups in total. The molecule has 0 saturated heterocycles. The van der Waals surface area contributed by atoms with Gasteiger partial charge in [-0.15, -0.1) is 0 Å². The quantitative estimate of drug-likeness (QED) is 0.739. The van der Waals surface area contributed by atoms with Crippen molar-refractivity contribution >= 4 is 34.2 Å². The second-order valence-corrected chi connectivity index (χ2v) is 6.32. The normalized spacial score (nSPS) is 14.1. The SMILES string of the molecule is Cn1ncc(I)c1-c1cc(Cl)cc(OC2CC2)c1C#N. The molecule has 1 fully saturated rings. The maximum absolute atomic E-state index is 9.50. The number of rotatable bonds is 3. The zero-order valence-electron chi connectivity index (χ0n) is 10.7. The fourth-order valence-corrected chi connectivity index (χ4v) is 3.03. The molecule has 6 heteroatoms. The van der Waals surface area contributed by atoms with E-state index in [4.69, 9.17) is 16.3 Å². The molecule has 1 aromatic heterocycles. The lowest BCUT2D eigenvalue weighted by atomic mass is 10.0. The molecule has 102 valence electrons. The van der Waals surface area contributed by atoms with Gasteiger partial charge in [0.25, 0.3) is 0 Å². The highest BCUT2D eigenvalue weighted by Gasteiger charge is 2.26. The summed E-state index contributed by atoms with van der Waals surface area (Å²) in [4.78, 5) is 0. The molecule has 3 rings (SSSR count). The van der Waals surface area contributed by atoms with Crippen molar-refractivity contribution in [3.8, 4) is 23.1 Å². The summed E-state index contributed by atoms with van der Waals surface area (Å²) >= 11 is 8.39. The molecule has 20 heavy (non-hydrogen) atoms. The van der Waals surface area contributed by atoms with Crippen molar-refractivity contribution in [2.24, 2.45) is 7.05 Å². The summed E-state index contributed by atoms with van der Waals surface area (Å²) in [5.41, 5.74) is 2.16. The maximum Gasteiger partial charge on any atom is 0.139 e. The van der Waals surface area contributed by atoms with E-state index in [1.165, 1.54) is 0 Å². The van der Waals surface area contributed by atoms with Crippen LogP contribution >= 0.6 is 34.2 Å². The summed E-state index contributed by atoms with van der Waals surface area (Å²) in [5, 5.41) is 14.3. The van der Waals surface area contributed by atoms with Crippen LogP contribution in [-0.2, 0) is 7.05 Å². The second kappa shape index (κ2) is 5.26. The third-order valence-corrected chi connectivity index (χ3v) is 4.15. The van der Waals surface area contributed by atoms with E-state index in [0.717, 1.165) is 27.7 Å². The van der Waals surface area contributed by atoms with Crippen LogP contribution in [0.3, 0.4) is 0 Å². The number of benzene rings is 1. The van der Waals surface area contributed by atoms with Gasteiger partial charge in [-0.05, 0) is 41.5 Å². The summed E-state index contributed by atoms with van der Waals surface area (Å²) in [6, 6.07) is 5.74. The summed E-state index contributed by atoms with van der Waals surface area (Å²) in [6.45, 7) is 0. The summed E-state index contributed by atoms with van der Waals surface area (Å²) < 4.78 is 8.53. The van der Waals surface area contributed by atoms with E-state index in [9.17, 15) is 5.26 Å². The van der Waals surface area contributed by atoms with E-state index in [-0.39, 0.29) is 6.10 Å². The molecule has 4 nitrogen and oxygen atoms in total. The Morgan fingerprint density at radius 2 is 2.25 bits per heavy atom. The summed E-state index contributed by atoms with van der Waals surface area (Å²) in [5.74, 6) is 0.564. The lowest BCUT2D eigenvalue weighted by molar-refractivity contribution is 0.302. The monoisotopic (exact) mass is 399 g/mol. The number of nitrogens with zero attached hydrogens (tertiary/aromatic N) is 3. The van der Waals surface area contributed by atoms with E-state index in [2.05, 4.69) is 33.8 Å². The minimum Gasteiger partial charge on any atom is -0.489 e. The number of nitriles is 1. The van der Waals surface area contributed by atoms with E-state index in [0.29, 0.717) is 16.3 Å². The highest BCUT2D eigenvalue weighted by atomic mass is 127.